The summed E-state index contributed by atoms with van der Waals surface area (Å²) in [5.74, 6) is 0.833. The molecule has 2 heterocycles. The molecule has 2 unspecified atom stereocenters. The molecule has 0 bridgehead atoms. The largest absolute Gasteiger partial charge is 0.491 e. The van der Waals surface area contributed by atoms with Gasteiger partial charge in [0.1, 0.15) is 12.4 Å². The van der Waals surface area contributed by atoms with Crippen LogP contribution in [0.2, 0.25) is 0 Å². The fraction of sp³-hybridized carbons (Fsp3) is 0.353. The van der Waals surface area contributed by atoms with Crippen molar-refractivity contribution in [3.05, 3.63) is 53.9 Å². The number of pyridine rings is 1. The molecule has 110 valence electrons. The number of fused-ring (bicyclic) bond motifs is 1. The third kappa shape index (κ3) is 3.77. The Morgan fingerprint density at radius 1 is 1.33 bits per heavy atom. The van der Waals surface area contributed by atoms with Crippen LogP contribution < -0.4 is 10.5 Å². The molecule has 1 aromatic heterocycles. The minimum Gasteiger partial charge on any atom is -0.491 e. The zero-order valence-corrected chi connectivity index (χ0v) is 13.0. The van der Waals surface area contributed by atoms with Gasteiger partial charge in [-0.2, -0.15) is 0 Å². The number of ether oxygens (including phenoxy) is 1. The fourth-order valence-corrected chi connectivity index (χ4v) is 3.70. The lowest BCUT2D eigenvalue weighted by Gasteiger charge is -2.11. The van der Waals surface area contributed by atoms with Crippen molar-refractivity contribution in [3.8, 4) is 5.75 Å². The summed E-state index contributed by atoms with van der Waals surface area (Å²) in [6.07, 6.45) is 3.68. The Kier molecular flexibility index (Phi) is 4.46. The summed E-state index contributed by atoms with van der Waals surface area (Å²) >= 11 is 1.91. The summed E-state index contributed by atoms with van der Waals surface area (Å²) in [7, 11) is 0. The first-order chi connectivity index (χ1) is 10.2. The number of benzene rings is 1. The predicted molar refractivity (Wildman–Crippen MR) is 86.9 cm³/mol. The van der Waals surface area contributed by atoms with Crippen LogP contribution in [-0.2, 0) is 12.8 Å². The third-order valence-corrected chi connectivity index (χ3v) is 4.77. The van der Waals surface area contributed by atoms with E-state index in [1.807, 2.05) is 30.8 Å². The molecule has 0 saturated carbocycles. The highest BCUT2D eigenvalue weighted by Crippen LogP contribution is 2.36. The van der Waals surface area contributed by atoms with Crippen LogP contribution in [0, 0.1) is 0 Å². The topological polar surface area (TPSA) is 48.1 Å². The van der Waals surface area contributed by atoms with Crippen LogP contribution >= 0.6 is 11.8 Å². The summed E-state index contributed by atoms with van der Waals surface area (Å²) in [6.45, 7) is 2.70. The maximum absolute atomic E-state index is 5.87. The minimum atomic E-state index is 0.137. The van der Waals surface area contributed by atoms with Gasteiger partial charge in [0.2, 0.25) is 0 Å². The summed E-state index contributed by atoms with van der Waals surface area (Å²) < 4.78 is 5.87. The van der Waals surface area contributed by atoms with Crippen LogP contribution in [0.25, 0.3) is 0 Å². The molecule has 1 aromatic carbocycles. The molecule has 3 nitrogen and oxygen atoms in total. The number of hydrogen-bond donors (Lipinski definition) is 1. The third-order valence-electron chi connectivity index (χ3n) is 3.48. The summed E-state index contributed by atoms with van der Waals surface area (Å²) in [5.41, 5.74) is 8.22. The first kappa shape index (κ1) is 14.4. The van der Waals surface area contributed by atoms with E-state index in [1.54, 1.807) is 6.20 Å². The second kappa shape index (κ2) is 6.50. The average Bonchev–Trinajstić information content (AvgIpc) is 2.89. The van der Waals surface area contributed by atoms with Crippen molar-refractivity contribution >= 4 is 11.8 Å². The number of aromatic nitrogens is 1. The lowest BCUT2D eigenvalue weighted by atomic mass is 10.1. The van der Waals surface area contributed by atoms with Gasteiger partial charge in [0, 0.05) is 28.3 Å². The van der Waals surface area contributed by atoms with Crippen LogP contribution in [0.15, 0.2) is 47.5 Å². The molecular formula is C17H20N2OS. The SMILES string of the molecule is CC(N)Cc1ccc(OCC2Cc3ccccc3S2)cn1. The Morgan fingerprint density at radius 3 is 2.90 bits per heavy atom. The van der Waals surface area contributed by atoms with Crippen molar-refractivity contribution in [1.82, 2.24) is 4.98 Å². The monoisotopic (exact) mass is 300 g/mol. The van der Waals surface area contributed by atoms with Gasteiger partial charge in [0.05, 0.1) is 6.20 Å². The van der Waals surface area contributed by atoms with Gasteiger partial charge in [-0.1, -0.05) is 18.2 Å². The zero-order valence-electron chi connectivity index (χ0n) is 12.2. The van der Waals surface area contributed by atoms with Gasteiger partial charge < -0.3 is 10.5 Å². The van der Waals surface area contributed by atoms with Gasteiger partial charge in [-0.05, 0) is 37.1 Å². The van der Waals surface area contributed by atoms with E-state index in [9.17, 15) is 0 Å². The number of thioether (sulfide) groups is 1. The van der Waals surface area contributed by atoms with E-state index in [1.165, 1.54) is 10.5 Å². The number of hydrogen-bond acceptors (Lipinski definition) is 4. The van der Waals surface area contributed by atoms with E-state index in [2.05, 4.69) is 29.2 Å². The van der Waals surface area contributed by atoms with Crippen LogP contribution in [-0.4, -0.2) is 22.9 Å². The quantitative estimate of drug-likeness (QED) is 0.922. The predicted octanol–water partition coefficient (Wildman–Crippen LogP) is 3.07. The number of nitrogens with zero attached hydrogens (tertiary/aromatic N) is 1. The van der Waals surface area contributed by atoms with E-state index in [0.29, 0.717) is 11.9 Å². The maximum Gasteiger partial charge on any atom is 0.137 e. The van der Waals surface area contributed by atoms with Crippen molar-refractivity contribution in [2.75, 3.05) is 6.61 Å². The normalized spacial score (nSPS) is 18.3. The molecule has 0 saturated heterocycles. The Hall–Kier alpha value is -1.52. The lowest BCUT2D eigenvalue weighted by Crippen LogP contribution is -2.18. The van der Waals surface area contributed by atoms with Crippen molar-refractivity contribution in [1.29, 1.82) is 0 Å². The minimum absolute atomic E-state index is 0.137. The standard InChI is InChI=1S/C17H20N2OS/c1-12(18)8-14-6-7-15(10-19-14)20-11-16-9-13-4-2-3-5-17(13)21-16/h2-7,10,12,16H,8-9,11,18H2,1H3. The van der Waals surface area contributed by atoms with E-state index >= 15 is 0 Å². The highest BCUT2D eigenvalue weighted by Gasteiger charge is 2.22. The molecule has 3 rings (SSSR count). The van der Waals surface area contributed by atoms with E-state index in [4.69, 9.17) is 10.5 Å². The van der Waals surface area contributed by atoms with Crippen LogP contribution in [0.5, 0.6) is 5.75 Å². The molecule has 0 amide bonds. The Balaban J connectivity index is 1.52. The van der Waals surface area contributed by atoms with Crippen molar-refractivity contribution in [2.45, 2.75) is 36.0 Å². The zero-order chi connectivity index (χ0) is 14.7. The Morgan fingerprint density at radius 2 is 2.19 bits per heavy atom. The second-order valence-electron chi connectivity index (χ2n) is 5.53. The second-order valence-corrected chi connectivity index (χ2v) is 6.87. The van der Waals surface area contributed by atoms with Gasteiger partial charge in [0.15, 0.2) is 0 Å². The van der Waals surface area contributed by atoms with Crippen molar-refractivity contribution < 1.29 is 4.74 Å². The molecule has 2 N–H and O–H groups in total. The smallest absolute Gasteiger partial charge is 0.137 e. The van der Waals surface area contributed by atoms with E-state index < -0.39 is 0 Å². The Labute approximate surface area is 129 Å². The highest BCUT2D eigenvalue weighted by molar-refractivity contribution is 8.00. The van der Waals surface area contributed by atoms with Gasteiger partial charge in [0.25, 0.3) is 0 Å². The molecule has 0 spiro atoms. The lowest BCUT2D eigenvalue weighted by molar-refractivity contribution is 0.316. The molecule has 2 aromatic rings. The van der Waals surface area contributed by atoms with Crippen molar-refractivity contribution in [3.63, 3.8) is 0 Å². The van der Waals surface area contributed by atoms with E-state index in [-0.39, 0.29) is 6.04 Å². The van der Waals surface area contributed by atoms with Crippen LogP contribution in [0.3, 0.4) is 0 Å². The molecule has 1 aliphatic heterocycles. The molecule has 1 aliphatic rings. The fourth-order valence-electron chi connectivity index (χ4n) is 2.48. The maximum atomic E-state index is 5.87. The molecule has 4 heteroatoms. The Bertz CT molecular complexity index is 573. The number of nitrogens with two attached hydrogens (primary N) is 1. The molecule has 0 radical (unpaired) electrons. The molecule has 2 atom stereocenters. The van der Waals surface area contributed by atoms with Gasteiger partial charge in [-0.3, -0.25) is 4.98 Å². The van der Waals surface area contributed by atoms with Gasteiger partial charge >= 0.3 is 0 Å². The molecule has 21 heavy (non-hydrogen) atoms. The molecule has 0 fully saturated rings. The van der Waals surface area contributed by atoms with Gasteiger partial charge in [-0.15, -0.1) is 11.8 Å². The van der Waals surface area contributed by atoms with E-state index in [0.717, 1.165) is 24.3 Å². The van der Waals surface area contributed by atoms with Gasteiger partial charge in [-0.25, -0.2) is 0 Å². The van der Waals surface area contributed by atoms with Crippen LogP contribution in [0.1, 0.15) is 18.2 Å². The van der Waals surface area contributed by atoms with Crippen molar-refractivity contribution in [2.24, 2.45) is 5.73 Å². The first-order valence-electron chi connectivity index (χ1n) is 7.28. The molecular weight excluding hydrogens is 280 g/mol. The summed E-state index contributed by atoms with van der Waals surface area (Å²) in [4.78, 5) is 5.78. The first-order valence-corrected chi connectivity index (χ1v) is 8.16. The highest BCUT2D eigenvalue weighted by atomic mass is 32.2. The summed E-state index contributed by atoms with van der Waals surface area (Å²) in [6, 6.07) is 12.7. The molecule has 0 aliphatic carbocycles. The average molecular weight is 300 g/mol. The summed E-state index contributed by atoms with van der Waals surface area (Å²) in [5, 5.41) is 0.492. The van der Waals surface area contributed by atoms with Crippen LogP contribution in [0.4, 0.5) is 0 Å². The number of rotatable bonds is 5.